The molecule has 2 saturated heterocycles. The van der Waals surface area contributed by atoms with Crippen LogP contribution >= 0.6 is 0 Å². The van der Waals surface area contributed by atoms with E-state index >= 15 is 0 Å². The van der Waals surface area contributed by atoms with E-state index in [0.29, 0.717) is 12.6 Å². The third-order valence-electron chi connectivity index (χ3n) is 5.38. The molecule has 0 aromatic heterocycles. The Labute approximate surface area is 150 Å². The summed E-state index contributed by atoms with van der Waals surface area (Å²) in [7, 11) is 3.52. The van der Waals surface area contributed by atoms with Gasteiger partial charge in [-0.25, -0.2) is 0 Å². The van der Waals surface area contributed by atoms with Gasteiger partial charge in [-0.1, -0.05) is 12.1 Å². The fraction of sp³-hybridized carbons (Fsp3) is 0.650. The molecule has 2 aliphatic heterocycles. The van der Waals surface area contributed by atoms with Gasteiger partial charge in [0.25, 0.3) is 5.91 Å². The summed E-state index contributed by atoms with van der Waals surface area (Å²) in [6, 6.07) is 8.48. The van der Waals surface area contributed by atoms with Crippen molar-refractivity contribution in [2.24, 2.45) is 0 Å². The maximum Gasteiger partial charge on any atom is 0.253 e. The highest BCUT2D eigenvalue weighted by molar-refractivity contribution is 5.94. The second-order valence-electron chi connectivity index (χ2n) is 7.19. The molecule has 0 saturated carbocycles. The van der Waals surface area contributed by atoms with E-state index in [1.54, 1.807) is 14.2 Å². The minimum Gasteiger partial charge on any atom is -0.383 e. The molecular formula is C20H30N2O3. The summed E-state index contributed by atoms with van der Waals surface area (Å²) >= 11 is 0. The molecule has 1 aromatic carbocycles. The van der Waals surface area contributed by atoms with Gasteiger partial charge in [-0.2, -0.15) is 0 Å². The second-order valence-corrected chi connectivity index (χ2v) is 7.19. The Bertz CT molecular complexity index is 572. The maximum absolute atomic E-state index is 12.7. The number of amides is 1. The molecule has 0 unspecified atom stereocenters. The quantitative estimate of drug-likeness (QED) is 0.794. The molecule has 1 amide bonds. The number of benzene rings is 1. The highest BCUT2D eigenvalue weighted by Gasteiger charge is 2.32. The van der Waals surface area contributed by atoms with Crippen LogP contribution in [0.4, 0.5) is 0 Å². The van der Waals surface area contributed by atoms with E-state index < -0.39 is 0 Å². The molecule has 2 aliphatic rings. The molecule has 3 rings (SSSR count). The van der Waals surface area contributed by atoms with Gasteiger partial charge in [0.1, 0.15) is 0 Å². The molecule has 0 spiro atoms. The van der Waals surface area contributed by atoms with Crippen molar-refractivity contribution in [2.75, 3.05) is 40.5 Å². The number of nitrogens with zero attached hydrogens (tertiary/aromatic N) is 2. The zero-order chi connectivity index (χ0) is 17.6. The van der Waals surface area contributed by atoms with Crippen LogP contribution in [0.2, 0.25) is 0 Å². The van der Waals surface area contributed by atoms with Crippen LogP contribution in [0.1, 0.15) is 41.6 Å². The summed E-state index contributed by atoms with van der Waals surface area (Å²) in [5, 5.41) is 0. The van der Waals surface area contributed by atoms with E-state index in [9.17, 15) is 4.79 Å². The Kier molecular flexibility index (Phi) is 6.45. The normalized spacial score (nSPS) is 24.6. The molecule has 5 nitrogen and oxygen atoms in total. The van der Waals surface area contributed by atoms with E-state index in [1.807, 2.05) is 17.0 Å². The van der Waals surface area contributed by atoms with E-state index in [-0.39, 0.29) is 12.0 Å². The zero-order valence-electron chi connectivity index (χ0n) is 15.4. The Morgan fingerprint density at radius 1 is 1.20 bits per heavy atom. The molecule has 2 heterocycles. The largest absolute Gasteiger partial charge is 0.383 e. The lowest BCUT2D eigenvalue weighted by Gasteiger charge is -2.27. The molecule has 0 bridgehead atoms. The third-order valence-corrected chi connectivity index (χ3v) is 5.38. The number of carbonyl (C=O) groups excluding carboxylic acids is 1. The molecule has 25 heavy (non-hydrogen) atoms. The Balaban J connectivity index is 1.67. The molecule has 0 N–H and O–H groups in total. The summed E-state index contributed by atoms with van der Waals surface area (Å²) in [6.07, 6.45) is 4.74. The number of rotatable bonds is 6. The number of hydrogen-bond acceptors (Lipinski definition) is 4. The van der Waals surface area contributed by atoms with E-state index in [4.69, 9.17) is 9.47 Å². The van der Waals surface area contributed by atoms with Crippen LogP contribution in [0.25, 0.3) is 0 Å². The first-order valence-corrected chi connectivity index (χ1v) is 9.35. The average Bonchev–Trinajstić information content (AvgIpc) is 3.04. The molecule has 2 fully saturated rings. The smallest absolute Gasteiger partial charge is 0.253 e. The third kappa shape index (κ3) is 4.60. The Hall–Kier alpha value is -1.43. The second kappa shape index (κ2) is 8.79. The van der Waals surface area contributed by atoms with Gasteiger partial charge in [0.2, 0.25) is 0 Å². The van der Waals surface area contributed by atoms with Crippen LogP contribution < -0.4 is 0 Å². The van der Waals surface area contributed by atoms with Crippen LogP contribution in [-0.4, -0.2) is 68.3 Å². The lowest BCUT2D eigenvalue weighted by molar-refractivity contribution is 0.0724. The van der Waals surface area contributed by atoms with Gasteiger partial charge < -0.3 is 14.4 Å². The first-order valence-electron chi connectivity index (χ1n) is 9.35. The summed E-state index contributed by atoms with van der Waals surface area (Å²) in [4.78, 5) is 17.1. The summed E-state index contributed by atoms with van der Waals surface area (Å²) < 4.78 is 10.9. The Morgan fingerprint density at radius 2 is 2.00 bits per heavy atom. The fourth-order valence-corrected chi connectivity index (χ4v) is 3.98. The number of ether oxygens (including phenoxy) is 2. The van der Waals surface area contributed by atoms with E-state index in [0.717, 1.165) is 51.0 Å². The Morgan fingerprint density at radius 3 is 2.72 bits per heavy atom. The topological polar surface area (TPSA) is 42.0 Å². The van der Waals surface area contributed by atoms with Crippen molar-refractivity contribution in [2.45, 2.75) is 44.4 Å². The fourth-order valence-electron chi connectivity index (χ4n) is 3.98. The maximum atomic E-state index is 12.7. The van der Waals surface area contributed by atoms with Crippen LogP contribution in [-0.2, 0) is 16.0 Å². The van der Waals surface area contributed by atoms with Crippen LogP contribution in [0, 0.1) is 0 Å². The van der Waals surface area contributed by atoms with Gasteiger partial charge in [0.15, 0.2) is 0 Å². The molecule has 1 aromatic rings. The van der Waals surface area contributed by atoms with E-state index in [1.165, 1.54) is 12.0 Å². The average molecular weight is 346 g/mol. The predicted molar refractivity (Wildman–Crippen MR) is 97.7 cm³/mol. The minimum atomic E-state index is 0.172. The monoisotopic (exact) mass is 346 g/mol. The molecule has 138 valence electrons. The van der Waals surface area contributed by atoms with Gasteiger partial charge in [0, 0.05) is 52.0 Å². The standard InChI is InChI=1S/C20H30N2O3/c1-24-15-18-12-19(25-2)14-22(18)13-16-7-6-8-17(11-16)20(23)21-9-4-3-5-10-21/h6-8,11,18-19H,3-5,9-10,12-15H2,1-2H3/t18-,19+/m0/s1. The van der Waals surface area contributed by atoms with Gasteiger partial charge in [-0.15, -0.1) is 0 Å². The number of piperidine rings is 1. The molecular weight excluding hydrogens is 316 g/mol. The van der Waals surface area contributed by atoms with Crippen LogP contribution in [0.15, 0.2) is 24.3 Å². The lowest BCUT2D eigenvalue weighted by atomic mass is 10.1. The van der Waals surface area contributed by atoms with Crippen molar-refractivity contribution in [1.29, 1.82) is 0 Å². The first kappa shape index (κ1) is 18.4. The summed E-state index contributed by atoms with van der Waals surface area (Å²) in [5.74, 6) is 0.172. The van der Waals surface area contributed by atoms with Gasteiger partial charge in [0.05, 0.1) is 12.7 Å². The zero-order valence-corrected chi connectivity index (χ0v) is 15.4. The van der Waals surface area contributed by atoms with Crippen LogP contribution in [0.5, 0.6) is 0 Å². The highest BCUT2D eigenvalue weighted by atomic mass is 16.5. The van der Waals surface area contributed by atoms with Gasteiger partial charge in [-0.3, -0.25) is 9.69 Å². The van der Waals surface area contributed by atoms with Gasteiger partial charge in [-0.05, 0) is 43.4 Å². The molecule has 0 radical (unpaired) electrons. The minimum absolute atomic E-state index is 0.172. The number of hydrogen-bond donors (Lipinski definition) is 0. The molecule has 5 heteroatoms. The first-order chi connectivity index (χ1) is 12.2. The summed E-state index contributed by atoms with van der Waals surface area (Å²) in [5.41, 5.74) is 1.99. The number of likely N-dealkylation sites (tertiary alicyclic amines) is 2. The van der Waals surface area contributed by atoms with Crippen molar-refractivity contribution in [3.63, 3.8) is 0 Å². The summed E-state index contributed by atoms with van der Waals surface area (Å²) in [6.45, 7) is 4.23. The van der Waals surface area contributed by atoms with Crippen molar-refractivity contribution in [3.8, 4) is 0 Å². The number of carbonyl (C=O) groups is 1. The van der Waals surface area contributed by atoms with Crippen molar-refractivity contribution in [3.05, 3.63) is 35.4 Å². The highest BCUT2D eigenvalue weighted by Crippen LogP contribution is 2.23. The molecule has 2 atom stereocenters. The predicted octanol–water partition coefficient (Wildman–Crippen LogP) is 2.55. The van der Waals surface area contributed by atoms with Crippen LogP contribution in [0.3, 0.4) is 0 Å². The number of methoxy groups -OCH3 is 2. The molecule has 0 aliphatic carbocycles. The van der Waals surface area contributed by atoms with E-state index in [2.05, 4.69) is 17.0 Å². The lowest BCUT2D eigenvalue weighted by Crippen LogP contribution is -2.35. The van der Waals surface area contributed by atoms with Gasteiger partial charge >= 0.3 is 0 Å². The van der Waals surface area contributed by atoms with Crippen molar-refractivity contribution < 1.29 is 14.3 Å². The van der Waals surface area contributed by atoms with Crippen molar-refractivity contribution >= 4 is 5.91 Å². The van der Waals surface area contributed by atoms with Crippen molar-refractivity contribution in [1.82, 2.24) is 9.80 Å². The SMILES string of the molecule is COC[C@@H]1C[C@@H](OC)CN1Cc1cccc(C(=O)N2CCCCC2)c1.